The lowest BCUT2D eigenvalue weighted by atomic mass is 10.1. The zero-order chi connectivity index (χ0) is 24.3. The summed E-state index contributed by atoms with van der Waals surface area (Å²) in [7, 11) is 0.00568. The third kappa shape index (κ3) is 5.27. The van der Waals surface area contributed by atoms with Crippen molar-refractivity contribution in [3.05, 3.63) is 83.9 Å². The number of fused-ring (bicyclic) bond motifs is 1. The summed E-state index contributed by atoms with van der Waals surface area (Å²) in [6.45, 7) is 2.92. The van der Waals surface area contributed by atoms with Crippen molar-refractivity contribution in [1.82, 2.24) is 9.88 Å². The molecular formula is C25H26N4O3S2. The van der Waals surface area contributed by atoms with E-state index in [2.05, 4.69) is 9.71 Å². The zero-order valence-corrected chi connectivity index (χ0v) is 20.9. The monoisotopic (exact) mass is 494 g/mol. The quantitative estimate of drug-likeness (QED) is 0.387. The van der Waals surface area contributed by atoms with E-state index in [0.717, 1.165) is 15.8 Å². The molecule has 0 aliphatic rings. The number of amides is 1. The highest BCUT2D eigenvalue weighted by Gasteiger charge is 2.25. The number of hydrogen-bond donors (Lipinski definition) is 1. The molecule has 7 nitrogen and oxygen atoms in total. The van der Waals surface area contributed by atoms with Gasteiger partial charge in [0, 0.05) is 13.1 Å². The minimum atomic E-state index is -3.86. The number of likely N-dealkylation sites (N-methyl/N-ethyl adjacent to an activating group) is 1. The van der Waals surface area contributed by atoms with Crippen LogP contribution in [0.25, 0.3) is 10.2 Å². The number of para-hydroxylation sites is 2. The van der Waals surface area contributed by atoms with Crippen molar-refractivity contribution in [2.75, 3.05) is 36.8 Å². The highest BCUT2D eigenvalue weighted by Crippen LogP contribution is 2.31. The topological polar surface area (TPSA) is 82.6 Å². The average Bonchev–Trinajstić information content (AvgIpc) is 3.23. The Morgan fingerprint density at radius 1 is 0.941 bits per heavy atom. The highest BCUT2D eigenvalue weighted by atomic mass is 32.2. The van der Waals surface area contributed by atoms with Crippen molar-refractivity contribution in [3.8, 4) is 0 Å². The Labute approximate surface area is 203 Å². The van der Waals surface area contributed by atoms with Crippen LogP contribution in [0, 0.1) is 6.92 Å². The number of nitrogens with one attached hydrogen (secondary N) is 1. The summed E-state index contributed by atoms with van der Waals surface area (Å²) in [5.41, 5.74) is 2.26. The van der Waals surface area contributed by atoms with Gasteiger partial charge in [-0.2, -0.15) is 0 Å². The molecule has 34 heavy (non-hydrogen) atoms. The highest BCUT2D eigenvalue weighted by molar-refractivity contribution is 7.92. The number of rotatable bonds is 8. The second-order valence-electron chi connectivity index (χ2n) is 8.19. The number of aromatic nitrogens is 1. The summed E-state index contributed by atoms with van der Waals surface area (Å²) >= 11 is 1.43. The number of carbonyl (C=O) groups excluding carboxylic acids is 1. The standard InChI is InChI=1S/C25H26N4O3S2/c1-18-12-14-19(15-13-18)34(31,32)27-21-9-5-4-8-20(21)24(30)29(17-16-28(2)3)25-26-22-10-6-7-11-23(22)33-25/h4-15,27H,16-17H2,1-3H3. The van der Waals surface area contributed by atoms with Gasteiger partial charge in [-0.05, 0) is 57.4 Å². The van der Waals surface area contributed by atoms with Gasteiger partial charge in [0.15, 0.2) is 5.13 Å². The van der Waals surface area contributed by atoms with Crippen LogP contribution >= 0.6 is 11.3 Å². The number of anilines is 2. The van der Waals surface area contributed by atoms with Crippen molar-refractivity contribution in [1.29, 1.82) is 0 Å². The Morgan fingerprint density at radius 2 is 1.62 bits per heavy atom. The Kier molecular flexibility index (Phi) is 6.97. The molecule has 1 heterocycles. The van der Waals surface area contributed by atoms with E-state index in [1.807, 2.05) is 50.2 Å². The van der Waals surface area contributed by atoms with E-state index in [1.165, 1.54) is 11.3 Å². The fourth-order valence-corrected chi connectivity index (χ4v) is 5.45. The lowest BCUT2D eigenvalue weighted by Gasteiger charge is -2.23. The maximum Gasteiger partial charge on any atom is 0.262 e. The summed E-state index contributed by atoms with van der Waals surface area (Å²) in [6, 6.07) is 20.9. The van der Waals surface area contributed by atoms with Gasteiger partial charge in [-0.3, -0.25) is 14.4 Å². The van der Waals surface area contributed by atoms with Crippen molar-refractivity contribution in [3.63, 3.8) is 0 Å². The van der Waals surface area contributed by atoms with Crippen LogP contribution in [-0.2, 0) is 10.0 Å². The molecule has 0 bridgehead atoms. The van der Waals surface area contributed by atoms with Gasteiger partial charge in [0.1, 0.15) is 0 Å². The number of aryl methyl sites for hydroxylation is 1. The molecule has 1 amide bonds. The van der Waals surface area contributed by atoms with E-state index in [9.17, 15) is 13.2 Å². The Balaban J connectivity index is 1.70. The molecule has 1 N–H and O–H groups in total. The van der Waals surface area contributed by atoms with Crippen LogP contribution in [0.15, 0.2) is 77.7 Å². The third-order valence-electron chi connectivity index (χ3n) is 5.26. The summed E-state index contributed by atoms with van der Waals surface area (Å²) in [5.74, 6) is -0.317. The van der Waals surface area contributed by atoms with Gasteiger partial charge >= 0.3 is 0 Å². The maximum absolute atomic E-state index is 13.8. The largest absolute Gasteiger partial charge is 0.308 e. The normalized spacial score (nSPS) is 11.6. The lowest BCUT2D eigenvalue weighted by Crippen LogP contribution is -2.37. The minimum absolute atomic E-state index is 0.135. The number of benzene rings is 3. The zero-order valence-electron chi connectivity index (χ0n) is 19.2. The van der Waals surface area contributed by atoms with Crippen LogP contribution in [0.4, 0.5) is 10.8 Å². The van der Waals surface area contributed by atoms with E-state index in [0.29, 0.717) is 18.2 Å². The fraction of sp³-hybridized carbons (Fsp3) is 0.200. The number of thiazole rings is 1. The first-order chi connectivity index (χ1) is 16.2. The van der Waals surface area contributed by atoms with Gasteiger partial charge in [-0.15, -0.1) is 0 Å². The Morgan fingerprint density at radius 3 is 2.32 bits per heavy atom. The molecule has 4 aromatic rings. The van der Waals surface area contributed by atoms with Crippen molar-refractivity contribution >= 4 is 48.3 Å². The molecular weight excluding hydrogens is 468 g/mol. The lowest BCUT2D eigenvalue weighted by molar-refractivity contribution is 0.0986. The molecule has 0 aliphatic carbocycles. The van der Waals surface area contributed by atoms with Crippen LogP contribution in [0.1, 0.15) is 15.9 Å². The van der Waals surface area contributed by atoms with Gasteiger partial charge in [0.2, 0.25) is 0 Å². The molecule has 0 atom stereocenters. The number of sulfonamides is 1. The van der Waals surface area contributed by atoms with Gasteiger partial charge < -0.3 is 4.90 Å². The fourth-order valence-electron chi connectivity index (χ4n) is 3.38. The molecule has 0 spiro atoms. The predicted octanol–water partition coefficient (Wildman–Crippen LogP) is 4.61. The van der Waals surface area contributed by atoms with E-state index in [1.54, 1.807) is 53.4 Å². The number of hydrogen-bond acceptors (Lipinski definition) is 6. The van der Waals surface area contributed by atoms with E-state index in [-0.39, 0.29) is 22.1 Å². The SMILES string of the molecule is Cc1ccc(S(=O)(=O)Nc2ccccc2C(=O)N(CCN(C)C)c2nc3ccccc3s2)cc1. The molecule has 0 unspecified atom stereocenters. The second-order valence-corrected chi connectivity index (χ2v) is 10.9. The van der Waals surface area contributed by atoms with Crippen LogP contribution in [0.2, 0.25) is 0 Å². The summed E-state index contributed by atoms with van der Waals surface area (Å²) in [5, 5.41) is 0.573. The predicted molar refractivity (Wildman–Crippen MR) is 138 cm³/mol. The minimum Gasteiger partial charge on any atom is -0.308 e. The molecule has 4 rings (SSSR count). The smallest absolute Gasteiger partial charge is 0.262 e. The first kappa shape index (κ1) is 23.9. The van der Waals surface area contributed by atoms with Gasteiger partial charge in [0.05, 0.1) is 26.4 Å². The summed E-state index contributed by atoms with van der Waals surface area (Å²) in [6.07, 6.45) is 0. The first-order valence-electron chi connectivity index (χ1n) is 10.8. The van der Waals surface area contributed by atoms with E-state index < -0.39 is 10.0 Å². The number of carbonyl (C=O) groups is 1. The van der Waals surface area contributed by atoms with Gasteiger partial charge in [-0.1, -0.05) is 53.3 Å². The maximum atomic E-state index is 13.8. The molecule has 1 aromatic heterocycles. The van der Waals surface area contributed by atoms with Gasteiger partial charge in [0.25, 0.3) is 15.9 Å². The molecule has 3 aromatic carbocycles. The summed E-state index contributed by atoms with van der Waals surface area (Å²) < 4.78 is 29.6. The molecule has 9 heteroatoms. The van der Waals surface area contributed by atoms with Gasteiger partial charge in [-0.25, -0.2) is 13.4 Å². The van der Waals surface area contributed by atoms with Crippen LogP contribution in [0.3, 0.4) is 0 Å². The molecule has 176 valence electrons. The number of nitrogens with zero attached hydrogens (tertiary/aromatic N) is 3. The van der Waals surface area contributed by atoms with E-state index in [4.69, 9.17) is 0 Å². The third-order valence-corrected chi connectivity index (χ3v) is 7.70. The second kappa shape index (κ2) is 9.92. The Bertz CT molecular complexity index is 1380. The van der Waals surface area contributed by atoms with Crippen molar-refractivity contribution < 1.29 is 13.2 Å². The molecule has 0 fully saturated rings. The van der Waals surface area contributed by atoms with Crippen molar-refractivity contribution in [2.24, 2.45) is 0 Å². The molecule has 0 saturated carbocycles. The summed E-state index contributed by atoms with van der Waals surface area (Å²) in [4.78, 5) is 22.2. The molecule has 0 radical (unpaired) electrons. The van der Waals surface area contributed by atoms with Crippen molar-refractivity contribution in [2.45, 2.75) is 11.8 Å². The first-order valence-corrected chi connectivity index (χ1v) is 13.1. The Hall–Kier alpha value is -3.27. The molecule has 0 aliphatic heterocycles. The average molecular weight is 495 g/mol. The van der Waals surface area contributed by atoms with Crippen LogP contribution in [-0.4, -0.2) is 51.4 Å². The van der Waals surface area contributed by atoms with Crippen LogP contribution < -0.4 is 9.62 Å². The van der Waals surface area contributed by atoms with Crippen LogP contribution in [0.5, 0.6) is 0 Å². The molecule has 0 saturated heterocycles. The van der Waals surface area contributed by atoms with E-state index >= 15 is 0 Å².